The highest BCUT2D eigenvalue weighted by Gasteiger charge is 2.16. The van der Waals surface area contributed by atoms with Gasteiger partial charge in [-0.1, -0.05) is 13.8 Å². The Bertz CT molecular complexity index is 531. The molecule has 2 N–H and O–H groups in total. The number of carbonyl (C=O) groups is 3. The number of benzene rings is 1. The summed E-state index contributed by atoms with van der Waals surface area (Å²) >= 11 is 0. The molecule has 6 heteroatoms. The number of carbonyl (C=O) groups excluding carboxylic acids is 3. The number of ether oxygens (including phenoxy) is 1. The molecule has 0 aliphatic carbocycles. The summed E-state index contributed by atoms with van der Waals surface area (Å²) in [5, 5.41) is 4.97. The first-order chi connectivity index (χ1) is 10.7. The van der Waals surface area contributed by atoms with Crippen LogP contribution in [0.3, 0.4) is 0 Å². The van der Waals surface area contributed by atoms with E-state index in [0.29, 0.717) is 11.3 Å². The van der Waals surface area contributed by atoms with Crippen LogP contribution in [0.5, 0.6) is 0 Å². The van der Waals surface area contributed by atoms with E-state index in [2.05, 4.69) is 10.6 Å². The van der Waals surface area contributed by atoms with Crippen LogP contribution in [0.15, 0.2) is 24.3 Å². The molecule has 0 bridgehead atoms. The summed E-state index contributed by atoms with van der Waals surface area (Å²) in [6.45, 7) is 10.5. The van der Waals surface area contributed by atoms with Gasteiger partial charge in [0.05, 0.1) is 0 Å². The summed E-state index contributed by atoms with van der Waals surface area (Å²) in [5.74, 6) is -0.420. The van der Waals surface area contributed by atoms with E-state index < -0.39 is 11.7 Å². The zero-order valence-electron chi connectivity index (χ0n) is 14.6. The Labute approximate surface area is 137 Å². The van der Waals surface area contributed by atoms with Crippen LogP contribution in [0, 0.1) is 0 Å². The van der Waals surface area contributed by atoms with Crippen molar-refractivity contribution in [2.75, 3.05) is 11.9 Å². The molecule has 6 nitrogen and oxygen atoms in total. The Hall–Kier alpha value is -2.37. The molecule has 0 aromatic heterocycles. The van der Waals surface area contributed by atoms with Crippen molar-refractivity contribution in [2.45, 2.75) is 47.1 Å². The third-order valence-corrected chi connectivity index (χ3v) is 2.37. The van der Waals surface area contributed by atoms with E-state index in [0.717, 1.165) is 0 Å². The van der Waals surface area contributed by atoms with Gasteiger partial charge in [0.2, 0.25) is 5.91 Å². The fourth-order valence-corrected chi connectivity index (χ4v) is 1.46. The fourth-order valence-electron chi connectivity index (χ4n) is 1.46. The number of nitrogens with one attached hydrogen (secondary N) is 2. The molecule has 128 valence electrons. The number of alkyl carbamates (subject to hydrolysis) is 1. The second-order valence-electron chi connectivity index (χ2n) is 5.54. The van der Waals surface area contributed by atoms with Crippen LogP contribution >= 0.6 is 0 Å². The first kappa shape index (κ1) is 20.6. The molecular formula is C17H26N2O4. The number of hydrogen-bond acceptors (Lipinski definition) is 4. The zero-order chi connectivity index (χ0) is 18.0. The number of anilines is 1. The lowest BCUT2D eigenvalue weighted by atomic mass is 10.1. The van der Waals surface area contributed by atoms with Crippen LogP contribution < -0.4 is 10.6 Å². The maximum absolute atomic E-state index is 11.7. The van der Waals surface area contributed by atoms with Gasteiger partial charge in [-0.3, -0.25) is 9.59 Å². The smallest absolute Gasteiger partial charge is 0.408 e. The van der Waals surface area contributed by atoms with E-state index in [1.54, 1.807) is 45.0 Å². The van der Waals surface area contributed by atoms with Crippen molar-refractivity contribution in [1.29, 1.82) is 0 Å². The van der Waals surface area contributed by atoms with Crippen LogP contribution in [0.25, 0.3) is 0 Å². The minimum atomic E-state index is -0.649. The number of Topliss-reactive ketones (excluding diaryl/α,β-unsaturated/α-hetero) is 1. The summed E-state index contributed by atoms with van der Waals surface area (Å²) in [6, 6.07) is 6.50. The van der Waals surface area contributed by atoms with Crippen molar-refractivity contribution in [2.24, 2.45) is 0 Å². The van der Waals surface area contributed by atoms with Gasteiger partial charge < -0.3 is 15.4 Å². The molecule has 0 aliphatic rings. The summed E-state index contributed by atoms with van der Waals surface area (Å²) in [4.78, 5) is 34.2. The van der Waals surface area contributed by atoms with Crippen molar-refractivity contribution in [1.82, 2.24) is 5.32 Å². The highest BCUT2D eigenvalue weighted by Crippen LogP contribution is 2.10. The molecule has 0 fully saturated rings. The second-order valence-corrected chi connectivity index (χ2v) is 5.54. The first-order valence-corrected chi connectivity index (χ1v) is 7.55. The molecule has 0 saturated heterocycles. The van der Waals surface area contributed by atoms with Crippen LogP contribution in [0.1, 0.15) is 51.9 Å². The van der Waals surface area contributed by atoms with Gasteiger partial charge in [0, 0.05) is 11.3 Å². The summed E-state index contributed by atoms with van der Waals surface area (Å²) < 4.78 is 5.01. The SMILES string of the molecule is CC.CC(=O)c1ccc(NC(=O)CNC(=O)OC(C)(C)C)cc1. The Balaban J connectivity index is 0.00000232. The fraction of sp³-hybridized carbons (Fsp3) is 0.471. The van der Waals surface area contributed by atoms with Crippen molar-refractivity contribution in [3.8, 4) is 0 Å². The predicted molar refractivity (Wildman–Crippen MR) is 90.7 cm³/mol. The molecule has 0 radical (unpaired) electrons. The molecule has 2 amide bonds. The van der Waals surface area contributed by atoms with Gasteiger partial charge in [-0.2, -0.15) is 0 Å². The van der Waals surface area contributed by atoms with Gasteiger partial charge >= 0.3 is 6.09 Å². The number of amides is 2. The Morgan fingerprint density at radius 1 is 1.04 bits per heavy atom. The van der Waals surface area contributed by atoms with Gasteiger partial charge in [-0.15, -0.1) is 0 Å². The van der Waals surface area contributed by atoms with Crippen molar-refractivity contribution >= 4 is 23.5 Å². The third kappa shape index (κ3) is 9.29. The zero-order valence-corrected chi connectivity index (χ0v) is 14.6. The average molecular weight is 322 g/mol. The Kier molecular flexibility index (Phi) is 8.62. The standard InChI is InChI=1S/C15H20N2O4.C2H6/c1-10(18)11-5-7-12(8-6-11)17-13(19)9-16-14(20)21-15(2,3)4;1-2/h5-8H,9H2,1-4H3,(H,16,20)(H,17,19);1-2H3. The second kappa shape index (κ2) is 9.61. The highest BCUT2D eigenvalue weighted by atomic mass is 16.6. The van der Waals surface area contributed by atoms with Gasteiger partial charge in [0.15, 0.2) is 5.78 Å². The summed E-state index contributed by atoms with van der Waals surface area (Å²) in [6.07, 6.45) is -0.649. The van der Waals surface area contributed by atoms with Crippen LogP contribution in [0.2, 0.25) is 0 Å². The normalized spacial score (nSPS) is 10.0. The lowest BCUT2D eigenvalue weighted by Crippen LogP contribution is -2.37. The van der Waals surface area contributed by atoms with Crippen molar-refractivity contribution in [3.05, 3.63) is 29.8 Å². The van der Waals surface area contributed by atoms with E-state index in [9.17, 15) is 14.4 Å². The minimum absolute atomic E-state index is 0.0422. The quantitative estimate of drug-likeness (QED) is 0.832. The topological polar surface area (TPSA) is 84.5 Å². The van der Waals surface area contributed by atoms with Crippen molar-refractivity contribution < 1.29 is 19.1 Å². The molecule has 1 rings (SSSR count). The van der Waals surface area contributed by atoms with Gasteiger partial charge in [-0.25, -0.2) is 4.79 Å². The number of ketones is 1. The summed E-state index contributed by atoms with van der Waals surface area (Å²) in [7, 11) is 0. The van der Waals surface area contributed by atoms with E-state index in [-0.39, 0.29) is 18.2 Å². The monoisotopic (exact) mass is 322 g/mol. The van der Waals surface area contributed by atoms with Crippen molar-refractivity contribution in [3.63, 3.8) is 0 Å². The molecule has 0 heterocycles. The van der Waals surface area contributed by atoms with E-state index in [1.807, 2.05) is 13.8 Å². The predicted octanol–water partition coefficient (Wildman–Crippen LogP) is 3.38. The maximum atomic E-state index is 11.7. The Morgan fingerprint density at radius 3 is 2.00 bits per heavy atom. The summed E-state index contributed by atoms with van der Waals surface area (Å²) in [5.41, 5.74) is 0.513. The number of rotatable bonds is 4. The Morgan fingerprint density at radius 2 is 1.57 bits per heavy atom. The van der Waals surface area contributed by atoms with E-state index in [4.69, 9.17) is 4.74 Å². The van der Waals surface area contributed by atoms with Crippen LogP contribution in [-0.2, 0) is 9.53 Å². The molecule has 0 atom stereocenters. The van der Waals surface area contributed by atoms with Crippen LogP contribution in [0.4, 0.5) is 10.5 Å². The van der Waals surface area contributed by atoms with Gasteiger partial charge in [0.1, 0.15) is 12.1 Å². The molecule has 1 aromatic rings. The average Bonchev–Trinajstić information content (AvgIpc) is 2.46. The number of hydrogen-bond donors (Lipinski definition) is 2. The largest absolute Gasteiger partial charge is 0.444 e. The minimum Gasteiger partial charge on any atom is -0.444 e. The lowest BCUT2D eigenvalue weighted by molar-refractivity contribution is -0.115. The maximum Gasteiger partial charge on any atom is 0.408 e. The van der Waals surface area contributed by atoms with Crippen LogP contribution in [-0.4, -0.2) is 29.9 Å². The molecule has 0 spiro atoms. The first-order valence-electron chi connectivity index (χ1n) is 7.55. The molecule has 1 aromatic carbocycles. The molecular weight excluding hydrogens is 296 g/mol. The highest BCUT2D eigenvalue weighted by molar-refractivity contribution is 5.96. The lowest BCUT2D eigenvalue weighted by Gasteiger charge is -2.19. The van der Waals surface area contributed by atoms with E-state index >= 15 is 0 Å². The third-order valence-electron chi connectivity index (χ3n) is 2.37. The van der Waals surface area contributed by atoms with Gasteiger partial charge in [0.25, 0.3) is 0 Å². The van der Waals surface area contributed by atoms with Gasteiger partial charge in [-0.05, 0) is 52.0 Å². The molecule has 0 aliphatic heterocycles. The molecule has 0 saturated carbocycles. The molecule has 23 heavy (non-hydrogen) atoms. The molecule has 0 unspecified atom stereocenters. The van der Waals surface area contributed by atoms with E-state index in [1.165, 1.54) is 6.92 Å².